The highest BCUT2D eigenvalue weighted by Gasteiger charge is 2.24. The molecule has 21 heavy (non-hydrogen) atoms. The summed E-state index contributed by atoms with van der Waals surface area (Å²) in [4.78, 5) is 17.8. The van der Waals surface area contributed by atoms with E-state index in [1.807, 2.05) is 5.38 Å². The van der Waals surface area contributed by atoms with Crippen molar-refractivity contribution in [1.82, 2.24) is 4.98 Å². The Labute approximate surface area is 131 Å². The second-order valence-corrected chi connectivity index (χ2v) is 7.17. The van der Waals surface area contributed by atoms with Gasteiger partial charge in [0.05, 0.1) is 12.1 Å². The van der Waals surface area contributed by atoms with E-state index in [0.29, 0.717) is 18.4 Å². The van der Waals surface area contributed by atoms with Crippen LogP contribution in [0.5, 0.6) is 0 Å². The van der Waals surface area contributed by atoms with Crippen LogP contribution < -0.4 is 4.90 Å². The largest absolute Gasteiger partial charge is 0.481 e. The van der Waals surface area contributed by atoms with E-state index in [2.05, 4.69) is 23.7 Å². The zero-order valence-corrected chi connectivity index (χ0v) is 13.9. The van der Waals surface area contributed by atoms with Gasteiger partial charge in [-0.1, -0.05) is 26.7 Å². The maximum Gasteiger partial charge on any atom is 0.303 e. The molecule has 0 unspecified atom stereocenters. The minimum atomic E-state index is -0.753. The molecule has 0 atom stereocenters. The number of nitrogens with zero attached hydrogens (tertiary/aromatic N) is 2. The number of rotatable bonds is 8. The van der Waals surface area contributed by atoms with Crippen molar-refractivity contribution < 1.29 is 9.90 Å². The number of aliphatic carboxylic acids is 1. The van der Waals surface area contributed by atoms with Crippen LogP contribution in [0.1, 0.15) is 58.1 Å². The zero-order chi connectivity index (χ0) is 15.2. The topological polar surface area (TPSA) is 53.4 Å². The monoisotopic (exact) mass is 310 g/mol. The summed E-state index contributed by atoms with van der Waals surface area (Å²) in [5, 5.41) is 11.9. The lowest BCUT2D eigenvalue weighted by Gasteiger charge is -2.29. The minimum absolute atomic E-state index is 0.165. The molecule has 0 amide bonds. The quantitative estimate of drug-likeness (QED) is 0.790. The van der Waals surface area contributed by atoms with Gasteiger partial charge in [-0.15, -0.1) is 11.3 Å². The van der Waals surface area contributed by atoms with Gasteiger partial charge in [-0.25, -0.2) is 4.98 Å². The molecule has 1 aromatic rings. The molecule has 0 aromatic carbocycles. The van der Waals surface area contributed by atoms with E-state index in [1.54, 1.807) is 11.3 Å². The molecule has 4 nitrogen and oxygen atoms in total. The maximum absolute atomic E-state index is 10.7. The number of aromatic nitrogens is 1. The molecule has 0 spiro atoms. The summed E-state index contributed by atoms with van der Waals surface area (Å²) in [6.45, 7) is 5.58. The third kappa shape index (κ3) is 4.99. The molecule has 1 aliphatic carbocycles. The lowest BCUT2D eigenvalue weighted by molar-refractivity contribution is -0.136. The van der Waals surface area contributed by atoms with Gasteiger partial charge in [-0.2, -0.15) is 0 Å². The molecule has 1 aromatic heterocycles. The Hall–Kier alpha value is -1.10. The van der Waals surface area contributed by atoms with Crippen LogP contribution in [0.2, 0.25) is 0 Å². The second kappa shape index (κ2) is 7.78. The van der Waals surface area contributed by atoms with Gasteiger partial charge in [-0.3, -0.25) is 4.79 Å². The summed E-state index contributed by atoms with van der Waals surface area (Å²) in [6.07, 6.45) is 7.05. The van der Waals surface area contributed by atoms with E-state index in [-0.39, 0.29) is 6.42 Å². The van der Waals surface area contributed by atoms with Crippen molar-refractivity contribution in [2.24, 2.45) is 5.92 Å². The van der Waals surface area contributed by atoms with Crippen molar-refractivity contribution in [3.63, 3.8) is 0 Å². The minimum Gasteiger partial charge on any atom is -0.481 e. The van der Waals surface area contributed by atoms with Crippen molar-refractivity contribution in [2.75, 3.05) is 11.4 Å². The van der Waals surface area contributed by atoms with Gasteiger partial charge in [0, 0.05) is 24.4 Å². The van der Waals surface area contributed by atoms with Crippen molar-refractivity contribution in [1.29, 1.82) is 0 Å². The highest BCUT2D eigenvalue weighted by atomic mass is 32.1. The first kappa shape index (κ1) is 16.3. The SMILES string of the molecule is CC(C)CCN(c1nc(CCC(=O)O)cs1)C1CCCC1. The molecule has 0 bridgehead atoms. The highest BCUT2D eigenvalue weighted by molar-refractivity contribution is 7.13. The van der Waals surface area contributed by atoms with Crippen LogP contribution in [-0.4, -0.2) is 28.6 Å². The van der Waals surface area contributed by atoms with Gasteiger partial charge in [0.15, 0.2) is 5.13 Å². The molecule has 5 heteroatoms. The van der Waals surface area contributed by atoms with Gasteiger partial charge in [-0.05, 0) is 25.2 Å². The van der Waals surface area contributed by atoms with Gasteiger partial charge in [0.2, 0.25) is 0 Å². The van der Waals surface area contributed by atoms with E-state index >= 15 is 0 Å². The van der Waals surface area contributed by atoms with Crippen LogP contribution in [-0.2, 0) is 11.2 Å². The van der Waals surface area contributed by atoms with E-state index in [1.165, 1.54) is 32.1 Å². The number of carboxylic acids is 1. The van der Waals surface area contributed by atoms with Gasteiger partial charge in [0.25, 0.3) is 0 Å². The Morgan fingerprint density at radius 1 is 1.48 bits per heavy atom. The molecule has 1 aliphatic rings. The summed E-state index contributed by atoms with van der Waals surface area (Å²) in [5.41, 5.74) is 0.921. The number of carbonyl (C=O) groups is 1. The lowest BCUT2D eigenvalue weighted by atomic mass is 10.1. The lowest BCUT2D eigenvalue weighted by Crippen LogP contribution is -2.34. The second-order valence-electron chi connectivity index (χ2n) is 6.33. The summed E-state index contributed by atoms with van der Waals surface area (Å²) >= 11 is 1.67. The maximum atomic E-state index is 10.7. The van der Waals surface area contributed by atoms with Crippen LogP contribution in [0, 0.1) is 5.92 Å². The molecule has 118 valence electrons. The van der Waals surface area contributed by atoms with Crippen molar-refractivity contribution in [2.45, 2.75) is 64.8 Å². The third-order valence-corrected chi connectivity index (χ3v) is 5.02. The average molecular weight is 310 g/mol. The first-order valence-electron chi connectivity index (χ1n) is 7.99. The zero-order valence-electron chi connectivity index (χ0n) is 13.0. The molecule has 1 fully saturated rings. The van der Waals surface area contributed by atoms with Crippen LogP contribution in [0.15, 0.2) is 5.38 Å². The molecule has 0 aliphatic heterocycles. The fraction of sp³-hybridized carbons (Fsp3) is 0.750. The number of hydrogen-bond donors (Lipinski definition) is 1. The Morgan fingerprint density at radius 3 is 2.81 bits per heavy atom. The van der Waals surface area contributed by atoms with Crippen LogP contribution in [0.3, 0.4) is 0 Å². The number of thiazole rings is 1. The van der Waals surface area contributed by atoms with Crippen LogP contribution in [0.4, 0.5) is 5.13 Å². The fourth-order valence-electron chi connectivity index (χ4n) is 2.83. The summed E-state index contributed by atoms with van der Waals surface area (Å²) in [5.74, 6) is -0.0580. The Bertz CT molecular complexity index is 453. The molecule has 2 rings (SSSR count). The third-order valence-electron chi connectivity index (χ3n) is 4.09. The van der Waals surface area contributed by atoms with E-state index in [9.17, 15) is 4.79 Å². The summed E-state index contributed by atoms with van der Waals surface area (Å²) in [7, 11) is 0. The fourth-order valence-corrected chi connectivity index (χ4v) is 3.78. The van der Waals surface area contributed by atoms with E-state index < -0.39 is 5.97 Å². The number of aryl methyl sites for hydroxylation is 1. The van der Waals surface area contributed by atoms with Crippen molar-refractivity contribution in [3.8, 4) is 0 Å². The number of carboxylic acid groups (broad SMARTS) is 1. The molecule has 1 heterocycles. The van der Waals surface area contributed by atoms with E-state index in [4.69, 9.17) is 5.11 Å². The van der Waals surface area contributed by atoms with Gasteiger partial charge >= 0.3 is 5.97 Å². The standard InChI is InChI=1S/C16H26N2O2S/c1-12(2)9-10-18(14-5-3-4-6-14)16-17-13(11-21-16)7-8-15(19)20/h11-12,14H,3-10H2,1-2H3,(H,19,20). The smallest absolute Gasteiger partial charge is 0.303 e. The molecule has 1 saturated carbocycles. The Morgan fingerprint density at radius 2 is 2.19 bits per heavy atom. The predicted molar refractivity (Wildman–Crippen MR) is 87.1 cm³/mol. The molecular weight excluding hydrogens is 284 g/mol. The van der Waals surface area contributed by atoms with Crippen molar-refractivity contribution >= 4 is 22.4 Å². The average Bonchev–Trinajstić information content (AvgIpc) is 3.08. The number of hydrogen-bond acceptors (Lipinski definition) is 4. The molecular formula is C16H26N2O2S. The van der Waals surface area contributed by atoms with Crippen LogP contribution in [0.25, 0.3) is 0 Å². The molecule has 0 radical (unpaired) electrons. The van der Waals surface area contributed by atoms with Crippen molar-refractivity contribution in [3.05, 3.63) is 11.1 Å². The summed E-state index contributed by atoms with van der Waals surface area (Å²) < 4.78 is 0. The Balaban J connectivity index is 2.02. The molecule has 1 N–H and O–H groups in total. The summed E-state index contributed by atoms with van der Waals surface area (Å²) in [6, 6.07) is 0.627. The predicted octanol–water partition coefficient (Wildman–Crippen LogP) is 3.96. The first-order valence-corrected chi connectivity index (χ1v) is 8.87. The first-order chi connectivity index (χ1) is 10.1. The number of anilines is 1. The van der Waals surface area contributed by atoms with Gasteiger partial charge < -0.3 is 10.0 Å². The highest BCUT2D eigenvalue weighted by Crippen LogP contribution is 2.31. The van der Waals surface area contributed by atoms with Crippen LogP contribution >= 0.6 is 11.3 Å². The Kier molecular flexibility index (Phi) is 6.03. The van der Waals surface area contributed by atoms with Gasteiger partial charge in [0.1, 0.15) is 0 Å². The molecule has 0 saturated heterocycles. The normalized spacial score (nSPS) is 15.8. The van der Waals surface area contributed by atoms with E-state index in [0.717, 1.165) is 17.4 Å².